The first-order chi connectivity index (χ1) is 12.1. The van der Waals surface area contributed by atoms with Crippen molar-refractivity contribution in [2.24, 2.45) is 0 Å². The highest BCUT2D eigenvalue weighted by Gasteiger charge is 2.25. The summed E-state index contributed by atoms with van der Waals surface area (Å²) >= 11 is 0. The van der Waals surface area contributed by atoms with Crippen molar-refractivity contribution in [2.75, 3.05) is 33.2 Å². The summed E-state index contributed by atoms with van der Waals surface area (Å²) in [6, 6.07) is 1.81. The van der Waals surface area contributed by atoms with E-state index in [2.05, 4.69) is 34.6 Å². The van der Waals surface area contributed by atoms with E-state index in [0.29, 0.717) is 0 Å². The van der Waals surface area contributed by atoms with E-state index < -0.39 is 0 Å². The van der Waals surface area contributed by atoms with E-state index in [4.69, 9.17) is 0 Å². The van der Waals surface area contributed by atoms with E-state index in [1.165, 1.54) is 0 Å². The Kier molecular flexibility index (Phi) is 8.62. The molecule has 0 saturated carbocycles. The predicted octanol–water partition coefficient (Wildman–Crippen LogP) is 3.73. The largest absolute Gasteiger partial charge is 0.338 e. The van der Waals surface area contributed by atoms with E-state index in [0.717, 1.165) is 42.6 Å². The highest BCUT2D eigenvalue weighted by molar-refractivity contribution is 5.87. The van der Waals surface area contributed by atoms with Gasteiger partial charge in [0.1, 0.15) is 6.04 Å². The number of hydrogen-bond acceptors (Lipinski definition) is 3. The highest BCUT2D eigenvalue weighted by Crippen LogP contribution is 2.24. The van der Waals surface area contributed by atoms with Crippen LogP contribution in [0.2, 0.25) is 0 Å². The summed E-state index contributed by atoms with van der Waals surface area (Å²) in [5.74, 6) is 0.205. The second kappa shape index (κ2) is 10.2. The molecule has 0 aromatic carbocycles. The summed E-state index contributed by atoms with van der Waals surface area (Å²) in [4.78, 5) is 21.1. The van der Waals surface area contributed by atoms with E-state index in [1.807, 2.05) is 51.8 Å². The van der Waals surface area contributed by atoms with Crippen LogP contribution in [-0.2, 0) is 4.79 Å². The summed E-state index contributed by atoms with van der Waals surface area (Å²) in [6.07, 6.45) is 5.71. The second-order valence-electron chi connectivity index (χ2n) is 5.92. The van der Waals surface area contributed by atoms with Crippen LogP contribution in [0.5, 0.6) is 0 Å². The fourth-order valence-electron chi connectivity index (χ4n) is 2.99. The molecule has 3 heterocycles. The van der Waals surface area contributed by atoms with Gasteiger partial charge in [-0.15, -0.1) is 0 Å². The fourth-order valence-corrected chi connectivity index (χ4v) is 2.99. The summed E-state index contributed by atoms with van der Waals surface area (Å²) in [5.41, 5.74) is 2.24. The van der Waals surface area contributed by atoms with Crippen molar-refractivity contribution in [1.82, 2.24) is 19.4 Å². The number of rotatable bonds is 2. The molecule has 1 saturated heterocycles. The van der Waals surface area contributed by atoms with Crippen molar-refractivity contribution in [3.63, 3.8) is 0 Å². The van der Waals surface area contributed by atoms with Crippen LogP contribution < -0.4 is 0 Å². The minimum Gasteiger partial charge on any atom is -0.338 e. The van der Waals surface area contributed by atoms with Gasteiger partial charge >= 0.3 is 0 Å². The molecule has 140 valence electrons. The molecule has 25 heavy (non-hydrogen) atoms. The summed E-state index contributed by atoms with van der Waals surface area (Å²) in [6.45, 7) is 15.6. The lowest BCUT2D eigenvalue weighted by Gasteiger charge is -2.34. The van der Waals surface area contributed by atoms with Crippen LogP contribution in [0.4, 0.5) is 0 Å². The zero-order valence-corrected chi connectivity index (χ0v) is 16.9. The van der Waals surface area contributed by atoms with Gasteiger partial charge in [0.05, 0.1) is 5.52 Å². The van der Waals surface area contributed by atoms with Crippen LogP contribution >= 0.6 is 0 Å². The standard InChI is InChI=1S/C16H22N4O.2C2H6/c1-12-11-20(15-4-5-17-10-14(12)15)13(2)16(21)19-8-6-18(3)7-9-19;2*1-2/h4-5,10-11,13H,6-9H2,1-3H3;2*1-2H3/t13-;;/m0../s1. The molecule has 0 spiro atoms. The average Bonchev–Trinajstić information content (AvgIpc) is 3.01. The molecule has 0 bridgehead atoms. The maximum Gasteiger partial charge on any atom is 0.245 e. The van der Waals surface area contributed by atoms with Crippen molar-refractivity contribution in [3.8, 4) is 0 Å². The average molecular weight is 347 g/mol. The number of carbonyl (C=O) groups is 1. The van der Waals surface area contributed by atoms with Crippen molar-refractivity contribution in [3.05, 3.63) is 30.2 Å². The van der Waals surface area contributed by atoms with E-state index in [9.17, 15) is 4.79 Å². The first-order valence-corrected chi connectivity index (χ1v) is 9.46. The fraction of sp³-hybridized carbons (Fsp3) is 0.600. The monoisotopic (exact) mass is 346 g/mol. The Bertz CT molecular complexity index is 657. The molecule has 0 radical (unpaired) electrons. The number of carbonyl (C=O) groups excluding carboxylic acids is 1. The number of likely N-dealkylation sites (N-methyl/N-ethyl adjacent to an activating group) is 1. The van der Waals surface area contributed by atoms with Crippen LogP contribution in [0, 0.1) is 6.92 Å². The first-order valence-electron chi connectivity index (χ1n) is 9.46. The molecule has 5 heteroatoms. The third kappa shape index (κ3) is 4.82. The van der Waals surface area contributed by atoms with Crippen molar-refractivity contribution in [2.45, 2.75) is 47.6 Å². The smallest absolute Gasteiger partial charge is 0.245 e. The zero-order valence-electron chi connectivity index (χ0n) is 16.9. The number of nitrogens with zero attached hydrogens (tertiary/aromatic N) is 4. The maximum atomic E-state index is 12.7. The Morgan fingerprint density at radius 2 is 1.72 bits per heavy atom. The molecule has 1 atom stereocenters. The molecule has 2 aromatic heterocycles. The lowest BCUT2D eigenvalue weighted by atomic mass is 10.2. The number of hydrogen-bond donors (Lipinski definition) is 0. The normalized spacial score (nSPS) is 15.7. The Balaban J connectivity index is 0.000000730. The number of aryl methyl sites for hydroxylation is 1. The first kappa shape index (κ1) is 21.2. The molecule has 3 rings (SSSR count). The molecule has 1 aliphatic heterocycles. The van der Waals surface area contributed by atoms with Gasteiger partial charge in [0.15, 0.2) is 0 Å². The Morgan fingerprint density at radius 1 is 1.12 bits per heavy atom. The number of pyridine rings is 1. The molecule has 5 nitrogen and oxygen atoms in total. The van der Waals surface area contributed by atoms with Crippen molar-refractivity contribution in [1.29, 1.82) is 0 Å². The van der Waals surface area contributed by atoms with Gasteiger partial charge in [0.2, 0.25) is 5.91 Å². The highest BCUT2D eigenvalue weighted by atomic mass is 16.2. The Morgan fingerprint density at radius 3 is 2.32 bits per heavy atom. The molecule has 1 aliphatic rings. The molecule has 0 N–H and O–H groups in total. The van der Waals surface area contributed by atoms with Gasteiger partial charge in [-0.05, 0) is 32.5 Å². The summed E-state index contributed by atoms with van der Waals surface area (Å²) in [7, 11) is 2.10. The molecular formula is C20H34N4O. The summed E-state index contributed by atoms with van der Waals surface area (Å²) in [5, 5.41) is 1.12. The topological polar surface area (TPSA) is 41.4 Å². The van der Waals surface area contributed by atoms with E-state index in [-0.39, 0.29) is 11.9 Å². The van der Waals surface area contributed by atoms with E-state index in [1.54, 1.807) is 6.20 Å². The van der Waals surface area contributed by atoms with Crippen LogP contribution in [0.1, 0.15) is 46.2 Å². The molecule has 2 aromatic rings. The summed E-state index contributed by atoms with van der Waals surface area (Å²) < 4.78 is 2.08. The molecule has 1 amide bonds. The minimum atomic E-state index is -0.174. The third-order valence-corrected chi connectivity index (χ3v) is 4.42. The van der Waals surface area contributed by atoms with Crippen LogP contribution in [0.3, 0.4) is 0 Å². The van der Waals surface area contributed by atoms with Crippen LogP contribution in [0.15, 0.2) is 24.7 Å². The molecule has 1 fully saturated rings. The van der Waals surface area contributed by atoms with Crippen LogP contribution in [0.25, 0.3) is 10.9 Å². The van der Waals surface area contributed by atoms with Gasteiger partial charge in [0.25, 0.3) is 0 Å². The Labute approximate surface area is 152 Å². The predicted molar refractivity (Wildman–Crippen MR) is 106 cm³/mol. The maximum absolute atomic E-state index is 12.7. The zero-order chi connectivity index (χ0) is 19.0. The van der Waals surface area contributed by atoms with Gasteiger partial charge in [-0.3, -0.25) is 9.78 Å². The number of aromatic nitrogens is 2. The third-order valence-electron chi connectivity index (χ3n) is 4.42. The number of fused-ring (bicyclic) bond motifs is 1. The Hall–Kier alpha value is -1.88. The van der Waals surface area contributed by atoms with Gasteiger partial charge in [-0.2, -0.15) is 0 Å². The number of amides is 1. The minimum absolute atomic E-state index is 0.174. The molecular weight excluding hydrogens is 312 g/mol. The van der Waals surface area contributed by atoms with Gasteiger partial charge in [-0.25, -0.2) is 0 Å². The SMILES string of the molecule is CC.CC.Cc1cn([C@@H](C)C(=O)N2CCN(C)CC2)c2ccncc12. The molecule has 0 unspecified atom stereocenters. The van der Waals surface area contributed by atoms with Crippen molar-refractivity contribution >= 4 is 16.8 Å². The van der Waals surface area contributed by atoms with Gasteiger partial charge in [-0.1, -0.05) is 27.7 Å². The van der Waals surface area contributed by atoms with Crippen LogP contribution in [-0.4, -0.2) is 58.5 Å². The lowest BCUT2D eigenvalue weighted by molar-refractivity contribution is -0.135. The van der Waals surface area contributed by atoms with Gasteiger partial charge in [0, 0.05) is 50.2 Å². The van der Waals surface area contributed by atoms with Gasteiger partial charge < -0.3 is 14.4 Å². The lowest BCUT2D eigenvalue weighted by Crippen LogP contribution is -2.48. The second-order valence-corrected chi connectivity index (χ2v) is 5.92. The van der Waals surface area contributed by atoms with Crippen molar-refractivity contribution < 1.29 is 4.79 Å². The number of piperazine rings is 1. The molecule has 0 aliphatic carbocycles. The van der Waals surface area contributed by atoms with E-state index >= 15 is 0 Å². The quantitative estimate of drug-likeness (QED) is 0.832.